The molecule has 0 radical (unpaired) electrons. The fourth-order valence-corrected chi connectivity index (χ4v) is 11.2. The monoisotopic (exact) mass is 906 g/mol. The Hall–Kier alpha value is -7.68. The summed E-state index contributed by atoms with van der Waals surface area (Å²) in [7, 11) is 0. The summed E-state index contributed by atoms with van der Waals surface area (Å²) in [6.07, 6.45) is 0. The van der Waals surface area contributed by atoms with E-state index in [0.29, 0.717) is 0 Å². The van der Waals surface area contributed by atoms with Crippen LogP contribution in [0.15, 0.2) is 194 Å². The van der Waals surface area contributed by atoms with Crippen LogP contribution in [0.2, 0.25) is 0 Å². The third kappa shape index (κ3) is 7.67. The van der Waals surface area contributed by atoms with E-state index in [1.807, 2.05) is 0 Å². The minimum absolute atomic E-state index is 0.0721. The normalized spacial score (nSPS) is 12.1. The molecule has 0 amide bonds. The van der Waals surface area contributed by atoms with Crippen molar-refractivity contribution in [1.82, 2.24) is 0 Å². The van der Waals surface area contributed by atoms with Crippen LogP contribution in [0.4, 0.5) is 34.1 Å². The van der Waals surface area contributed by atoms with Crippen LogP contribution in [0.25, 0.3) is 65.3 Å². The highest BCUT2D eigenvalue weighted by molar-refractivity contribution is 6.35. The Morgan fingerprint density at radius 1 is 0.286 bits per heavy atom. The average Bonchev–Trinajstić information content (AvgIpc) is 3.35. The van der Waals surface area contributed by atoms with Crippen molar-refractivity contribution in [2.24, 2.45) is 0 Å². The number of rotatable bonds is 8. The first-order valence-electron chi connectivity index (χ1n) is 24.9. The van der Waals surface area contributed by atoms with Gasteiger partial charge >= 0.3 is 0 Å². The van der Waals surface area contributed by atoms with Gasteiger partial charge in [-0.1, -0.05) is 187 Å². The minimum Gasteiger partial charge on any atom is -0.310 e. The van der Waals surface area contributed by atoms with E-state index in [1.165, 1.54) is 110 Å². The van der Waals surface area contributed by atoms with Gasteiger partial charge < -0.3 is 9.80 Å². The van der Waals surface area contributed by atoms with E-state index in [2.05, 4.69) is 273 Å². The van der Waals surface area contributed by atoms with Crippen LogP contribution in [-0.2, 0) is 10.8 Å². The quantitative estimate of drug-likeness (QED) is 0.111. The second-order valence-corrected chi connectivity index (χ2v) is 21.6. The molecule has 11 aromatic rings. The highest BCUT2D eigenvalue weighted by Gasteiger charge is 2.24. The van der Waals surface area contributed by atoms with Gasteiger partial charge in [-0.05, 0) is 186 Å². The molecule has 0 spiro atoms. The highest BCUT2D eigenvalue weighted by Crippen LogP contribution is 2.47. The van der Waals surface area contributed by atoms with Gasteiger partial charge in [-0.15, -0.1) is 0 Å². The topological polar surface area (TPSA) is 6.48 Å². The van der Waals surface area contributed by atoms with Gasteiger partial charge in [0.25, 0.3) is 0 Å². The molecule has 0 aliphatic rings. The van der Waals surface area contributed by atoms with Crippen molar-refractivity contribution >= 4 is 77.2 Å². The summed E-state index contributed by atoms with van der Waals surface area (Å²) in [5.41, 5.74) is 19.9. The van der Waals surface area contributed by atoms with E-state index in [4.69, 9.17) is 0 Å². The third-order valence-corrected chi connectivity index (χ3v) is 14.7. The number of fused-ring (bicyclic) bond motifs is 2. The Balaban J connectivity index is 0.985. The van der Waals surface area contributed by atoms with Crippen LogP contribution in [0.3, 0.4) is 0 Å². The molecule has 0 fully saturated rings. The van der Waals surface area contributed by atoms with Crippen molar-refractivity contribution in [1.29, 1.82) is 0 Å². The maximum atomic E-state index is 2.42. The number of aryl methyl sites for hydroxylation is 4. The molecule has 0 aliphatic heterocycles. The zero-order valence-electron chi connectivity index (χ0n) is 42.4. The number of anilines is 6. The maximum Gasteiger partial charge on any atom is 0.0520 e. The van der Waals surface area contributed by atoms with Crippen LogP contribution in [0, 0.1) is 27.7 Å². The highest BCUT2D eigenvalue weighted by atomic mass is 15.2. The number of hydrogen-bond donors (Lipinski definition) is 0. The Labute approximate surface area is 414 Å². The summed E-state index contributed by atoms with van der Waals surface area (Å²) < 4.78 is 0. The summed E-state index contributed by atoms with van der Waals surface area (Å²) in [6.45, 7) is 22.8. The molecule has 70 heavy (non-hydrogen) atoms. The van der Waals surface area contributed by atoms with Crippen LogP contribution in [0.5, 0.6) is 0 Å². The van der Waals surface area contributed by atoms with E-state index in [9.17, 15) is 0 Å². The second kappa shape index (κ2) is 17.1. The van der Waals surface area contributed by atoms with Gasteiger partial charge in [0.1, 0.15) is 0 Å². The van der Waals surface area contributed by atoms with E-state index >= 15 is 0 Å². The van der Waals surface area contributed by atoms with E-state index < -0.39 is 0 Å². The van der Waals surface area contributed by atoms with Gasteiger partial charge in [-0.2, -0.15) is 0 Å². The minimum atomic E-state index is 0.0721. The second-order valence-electron chi connectivity index (χ2n) is 21.6. The molecule has 0 heterocycles. The molecule has 344 valence electrons. The first kappa shape index (κ1) is 44.8. The van der Waals surface area contributed by atoms with Crippen molar-refractivity contribution in [3.8, 4) is 22.3 Å². The molecule has 0 unspecified atom stereocenters. The summed E-state index contributed by atoms with van der Waals surface area (Å²) in [4.78, 5) is 4.85. The number of para-hydroxylation sites is 2. The summed E-state index contributed by atoms with van der Waals surface area (Å²) in [5, 5.41) is 10.3. The van der Waals surface area contributed by atoms with E-state index in [0.717, 1.165) is 22.7 Å². The molecular formula is C68H62N2. The average molecular weight is 907 g/mol. The van der Waals surface area contributed by atoms with Crippen molar-refractivity contribution in [3.05, 3.63) is 228 Å². The Kier molecular flexibility index (Phi) is 10.9. The lowest BCUT2D eigenvalue weighted by Crippen LogP contribution is -2.16. The zero-order chi connectivity index (χ0) is 48.6. The zero-order valence-corrected chi connectivity index (χ0v) is 42.4. The Morgan fingerprint density at radius 2 is 0.586 bits per heavy atom. The van der Waals surface area contributed by atoms with Gasteiger partial charge in [-0.25, -0.2) is 0 Å². The molecule has 2 heteroatoms. The molecule has 11 rings (SSSR count). The summed E-state index contributed by atoms with van der Waals surface area (Å²) in [6, 6.07) is 72.6. The molecule has 0 aromatic heterocycles. The van der Waals surface area contributed by atoms with Crippen LogP contribution >= 0.6 is 0 Å². The van der Waals surface area contributed by atoms with Crippen LogP contribution in [0.1, 0.15) is 74.9 Å². The lowest BCUT2D eigenvalue weighted by molar-refractivity contribution is 0.589. The Morgan fingerprint density at radius 3 is 0.914 bits per heavy atom. The molecule has 11 aromatic carbocycles. The fourth-order valence-electron chi connectivity index (χ4n) is 11.2. The number of nitrogens with zero attached hydrogens (tertiary/aromatic N) is 2. The molecular weight excluding hydrogens is 845 g/mol. The molecule has 0 saturated heterocycles. The lowest BCUT2D eigenvalue weighted by Gasteiger charge is -2.31. The first-order chi connectivity index (χ1) is 33.7. The lowest BCUT2D eigenvalue weighted by atomic mass is 9.84. The van der Waals surface area contributed by atoms with E-state index in [-0.39, 0.29) is 10.8 Å². The summed E-state index contributed by atoms with van der Waals surface area (Å²) in [5.74, 6) is 0. The predicted molar refractivity (Wildman–Crippen MR) is 304 cm³/mol. The third-order valence-electron chi connectivity index (χ3n) is 14.7. The standard InChI is InChI=1S/C68H62N2/c1-43-39-49(67(5,6)7)40-44(2)65(43)69(51-19-13-11-14-20-51)53-31-27-47(28-32-53)55-35-37-61-60-26-18-24-58-56(36-38-62(64(58)60)59-25-17-23-57(55)63(59)61)48-29-33-54(34-30-48)70(52-21-15-12-16-22-52)66-45(3)41-50(42-46(66)4)68(8,9)10/h11-42H,1-10H3. The molecule has 0 saturated carbocycles. The van der Waals surface area contributed by atoms with Crippen molar-refractivity contribution < 1.29 is 0 Å². The van der Waals surface area contributed by atoms with Gasteiger partial charge in [0, 0.05) is 22.7 Å². The van der Waals surface area contributed by atoms with Crippen molar-refractivity contribution in [3.63, 3.8) is 0 Å². The van der Waals surface area contributed by atoms with Gasteiger partial charge in [0.05, 0.1) is 11.4 Å². The predicted octanol–water partition coefficient (Wildman–Crippen LogP) is 19.8. The SMILES string of the molecule is Cc1cc(C(C)(C)C)cc(C)c1N(c1ccccc1)c1ccc(-c2ccc3c4cccc5c(-c6ccc(N(c7ccccc7)c7c(C)cc(C(C)(C)C)cc7C)cc6)ccc(c6cccc2c63)c54)cc1. The summed E-state index contributed by atoms with van der Waals surface area (Å²) >= 11 is 0. The maximum absolute atomic E-state index is 2.42. The Bertz CT molecular complexity index is 3420. The van der Waals surface area contributed by atoms with Crippen molar-refractivity contribution in [2.75, 3.05) is 9.80 Å². The molecule has 0 aliphatic carbocycles. The van der Waals surface area contributed by atoms with Gasteiger partial charge in [0.15, 0.2) is 0 Å². The van der Waals surface area contributed by atoms with Gasteiger partial charge in [0.2, 0.25) is 0 Å². The molecule has 2 nitrogen and oxygen atoms in total. The largest absolute Gasteiger partial charge is 0.310 e. The van der Waals surface area contributed by atoms with Crippen molar-refractivity contribution in [2.45, 2.75) is 80.1 Å². The number of benzene rings is 11. The smallest absolute Gasteiger partial charge is 0.0520 e. The van der Waals surface area contributed by atoms with Crippen LogP contribution in [-0.4, -0.2) is 0 Å². The fraction of sp³-hybridized carbons (Fsp3) is 0.176. The molecule has 0 atom stereocenters. The molecule has 0 N–H and O–H groups in total. The first-order valence-corrected chi connectivity index (χ1v) is 24.9. The van der Waals surface area contributed by atoms with Crippen LogP contribution < -0.4 is 9.80 Å². The number of hydrogen-bond acceptors (Lipinski definition) is 2. The molecule has 0 bridgehead atoms. The van der Waals surface area contributed by atoms with Gasteiger partial charge in [-0.3, -0.25) is 0 Å². The van der Waals surface area contributed by atoms with E-state index in [1.54, 1.807) is 0 Å².